The van der Waals surface area contributed by atoms with Crippen LogP contribution in [0.5, 0.6) is 0 Å². The first-order chi connectivity index (χ1) is 9.14. The Labute approximate surface area is 115 Å². The zero-order valence-corrected chi connectivity index (χ0v) is 11.3. The van der Waals surface area contributed by atoms with Crippen molar-refractivity contribution in [3.8, 4) is 12.1 Å². The van der Waals surface area contributed by atoms with Gasteiger partial charge in [-0.05, 0) is 20.8 Å². The van der Waals surface area contributed by atoms with Crippen molar-refractivity contribution in [3.05, 3.63) is 0 Å². The second-order valence-electron chi connectivity index (χ2n) is 4.45. The van der Waals surface area contributed by atoms with Gasteiger partial charge in [-0.25, -0.2) is 9.59 Å². The van der Waals surface area contributed by atoms with E-state index in [-0.39, 0.29) is 6.54 Å². The maximum absolute atomic E-state index is 11.4. The highest BCUT2D eigenvalue weighted by molar-refractivity contribution is 5.74. The van der Waals surface area contributed by atoms with Crippen LogP contribution in [0, 0.1) is 22.7 Å². The number of azo groups is 2. The second-order valence-corrected chi connectivity index (χ2v) is 4.45. The standard InChI is InChI=1S/C10H14N8O2/c1-9(2,4-11)17-16-8(20)14-6-10(3,5-12)18-15-7(13)19/h6H2,1-3H3,(H2,13,19)(H,14,20). The fourth-order valence-corrected chi connectivity index (χ4v) is 0.733. The lowest BCUT2D eigenvalue weighted by molar-refractivity contribution is 0.245. The third-order valence-electron chi connectivity index (χ3n) is 1.86. The minimum Gasteiger partial charge on any atom is -0.348 e. The Balaban J connectivity index is 4.62. The lowest BCUT2D eigenvalue weighted by Crippen LogP contribution is -2.37. The number of nitrogens with two attached hydrogens (primary N) is 1. The smallest absolute Gasteiger partial charge is 0.348 e. The molecule has 0 rings (SSSR count). The van der Waals surface area contributed by atoms with Gasteiger partial charge in [-0.2, -0.15) is 20.8 Å². The molecular formula is C10H14N8O2. The van der Waals surface area contributed by atoms with E-state index in [0.717, 1.165) is 0 Å². The number of hydrogen-bond acceptors (Lipinski definition) is 6. The molecule has 0 spiro atoms. The van der Waals surface area contributed by atoms with Crippen LogP contribution in [-0.2, 0) is 0 Å². The topological polar surface area (TPSA) is 169 Å². The Hall–Kier alpha value is -2.88. The van der Waals surface area contributed by atoms with Crippen molar-refractivity contribution in [2.45, 2.75) is 31.8 Å². The fraction of sp³-hybridized carbons (Fsp3) is 0.600. The summed E-state index contributed by atoms with van der Waals surface area (Å²) < 4.78 is 0. The van der Waals surface area contributed by atoms with Crippen LogP contribution in [0.15, 0.2) is 20.5 Å². The zero-order chi connectivity index (χ0) is 15.8. The fourth-order valence-electron chi connectivity index (χ4n) is 0.733. The molecule has 0 fully saturated rings. The van der Waals surface area contributed by atoms with Crippen molar-refractivity contribution in [3.63, 3.8) is 0 Å². The SMILES string of the molecule is CC(C)(C#N)N=NC(=O)NCC(C)(C#N)N=NC(N)=O. The van der Waals surface area contributed by atoms with Gasteiger partial charge in [0, 0.05) is 0 Å². The molecule has 0 saturated heterocycles. The van der Waals surface area contributed by atoms with E-state index in [1.165, 1.54) is 20.8 Å². The average molecular weight is 278 g/mol. The summed E-state index contributed by atoms with van der Waals surface area (Å²) in [5.41, 5.74) is 2.18. The number of rotatable bonds is 4. The van der Waals surface area contributed by atoms with Crippen LogP contribution in [0.2, 0.25) is 0 Å². The van der Waals surface area contributed by atoms with E-state index < -0.39 is 23.1 Å². The summed E-state index contributed by atoms with van der Waals surface area (Å²) >= 11 is 0. The first-order valence-corrected chi connectivity index (χ1v) is 5.40. The molecule has 10 nitrogen and oxygen atoms in total. The van der Waals surface area contributed by atoms with Crippen LogP contribution in [0.25, 0.3) is 0 Å². The van der Waals surface area contributed by atoms with E-state index in [1.807, 2.05) is 6.07 Å². The molecule has 20 heavy (non-hydrogen) atoms. The van der Waals surface area contributed by atoms with Crippen LogP contribution in [0.3, 0.4) is 0 Å². The van der Waals surface area contributed by atoms with Crippen molar-refractivity contribution in [2.24, 2.45) is 26.2 Å². The highest BCUT2D eigenvalue weighted by Gasteiger charge is 2.25. The molecule has 1 atom stereocenters. The highest BCUT2D eigenvalue weighted by atomic mass is 16.2. The molecule has 1 unspecified atom stereocenters. The van der Waals surface area contributed by atoms with Crippen LogP contribution in [-0.4, -0.2) is 29.7 Å². The predicted octanol–water partition coefficient (Wildman–Crippen LogP) is 1.26. The molecule has 106 valence electrons. The van der Waals surface area contributed by atoms with Gasteiger partial charge in [-0.3, -0.25) is 0 Å². The van der Waals surface area contributed by atoms with Gasteiger partial charge in [0.2, 0.25) is 0 Å². The van der Waals surface area contributed by atoms with E-state index >= 15 is 0 Å². The van der Waals surface area contributed by atoms with Crippen molar-refractivity contribution in [1.82, 2.24) is 5.32 Å². The van der Waals surface area contributed by atoms with Gasteiger partial charge in [0.25, 0.3) is 0 Å². The Morgan fingerprint density at radius 3 is 2.20 bits per heavy atom. The molecule has 0 aromatic heterocycles. The molecule has 0 saturated carbocycles. The predicted molar refractivity (Wildman–Crippen MR) is 66.4 cm³/mol. The van der Waals surface area contributed by atoms with Crippen LogP contribution in [0.1, 0.15) is 20.8 Å². The quantitative estimate of drug-likeness (QED) is 0.738. The number of urea groups is 2. The van der Waals surface area contributed by atoms with Crippen LogP contribution >= 0.6 is 0 Å². The molecule has 0 aliphatic heterocycles. The summed E-state index contributed by atoms with van der Waals surface area (Å²) in [6.45, 7) is 4.05. The molecule has 0 aromatic rings. The number of nitrogens with zero attached hydrogens (tertiary/aromatic N) is 6. The van der Waals surface area contributed by atoms with Gasteiger partial charge in [0.1, 0.15) is 0 Å². The van der Waals surface area contributed by atoms with Crippen LogP contribution in [0.4, 0.5) is 9.59 Å². The van der Waals surface area contributed by atoms with E-state index in [9.17, 15) is 9.59 Å². The lowest BCUT2D eigenvalue weighted by atomic mass is 10.1. The van der Waals surface area contributed by atoms with Gasteiger partial charge >= 0.3 is 12.1 Å². The van der Waals surface area contributed by atoms with Crippen molar-refractivity contribution in [1.29, 1.82) is 10.5 Å². The van der Waals surface area contributed by atoms with Gasteiger partial charge in [-0.1, -0.05) is 10.2 Å². The monoisotopic (exact) mass is 278 g/mol. The molecule has 0 aliphatic rings. The summed E-state index contributed by atoms with van der Waals surface area (Å²) in [7, 11) is 0. The molecule has 0 aromatic carbocycles. The maximum Gasteiger partial charge on any atom is 0.359 e. The number of hydrogen-bond donors (Lipinski definition) is 2. The number of nitriles is 2. The van der Waals surface area contributed by atoms with E-state index in [1.54, 1.807) is 6.07 Å². The van der Waals surface area contributed by atoms with Gasteiger partial charge in [-0.15, -0.1) is 0 Å². The Bertz CT molecular complexity index is 524. The van der Waals surface area contributed by atoms with E-state index in [4.69, 9.17) is 16.3 Å². The molecular weight excluding hydrogens is 264 g/mol. The molecule has 0 heterocycles. The maximum atomic E-state index is 11.4. The lowest BCUT2D eigenvalue weighted by Gasteiger charge is -2.14. The number of primary amides is 1. The molecule has 0 radical (unpaired) electrons. The zero-order valence-electron chi connectivity index (χ0n) is 11.3. The second kappa shape index (κ2) is 6.89. The highest BCUT2D eigenvalue weighted by Crippen LogP contribution is 2.09. The molecule has 0 aliphatic carbocycles. The Morgan fingerprint density at radius 1 is 1.15 bits per heavy atom. The van der Waals surface area contributed by atoms with Crippen LogP contribution < -0.4 is 11.1 Å². The van der Waals surface area contributed by atoms with E-state index in [2.05, 4.69) is 25.8 Å². The summed E-state index contributed by atoms with van der Waals surface area (Å²) in [4.78, 5) is 21.8. The van der Waals surface area contributed by atoms with Gasteiger partial charge in [0.05, 0.1) is 18.7 Å². The minimum absolute atomic E-state index is 0.245. The third-order valence-corrected chi connectivity index (χ3v) is 1.86. The van der Waals surface area contributed by atoms with E-state index in [0.29, 0.717) is 0 Å². The first kappa shape index (κ1) is 17.1. The Morgan fingerprint density at radius 2 is 1.75 bits per heavy atom. The first-order valence-electron chi connectivity index (χ1n) is 5.40. The van der Waals surface area contributed by atoms with Gasteiger partial charge < -0.3 is 11.1 Å². The normalized spacial score (nSPS) is 14.4. The number of amides is 4. The molecule has 0 bridgehead atoms. The number of nitrogens with one attached hydrogen (secondary N) is 1. The van der Waals surface area contributed by atoms with Crippen molar-refractivity contribution >= 4 is 12.1 Å². The third kappa shape index (κ3) is 6.76. The van der Waals surface area contributed by atoms with Gasteiger partial charge in [0.15, 0.2) is 11.1 Å². The summed E-state index contributed by atoms with van der Waals surface area (Å²) in [6, 6.07) is 1.71. The Kier molecular flexibility index (Phi) is 5.90. The minimum atomic E-state index is -1.45. The number of carbonyl (C=O) groups excluding carboxylic acids is 2. The summed E-state index contributed by atoms with van der Waals surface area (Å²) in [5.74, 6) is 0. The van der Waals surface area contributed by atoms with Crippen molar-refractivity contribution in [2.75, 3.05) is 6.54 Å². The largest absolute Gasteiger partial charge is 0.359 e. The molecule has 10 heteroatoms. The summed E-state index contributed by atoms with van der Waals surface area (Å²) in [5, 5.41) is 33.1. The van der Waals surface area contributed by atoms with Crippen molar-refractivity contribution < 1.29 is 9.59 Å². The molecule has 4 amide bonds. The molecule has 3 N–H and O–H groups in total. The average Bonchev–Trinajstić information content (AvgIpc) is 2.41. The summed E-state index contributed by atoms with van der Waals surface area (Å²) in [6.07, 6.45) is 0. The number of carbonyl (C=O) groups is 2.